The molecule has 2 aromatic rings. The van der Waals surface area contributed by atoms with Gasteiger partial charge in [-0.25, -0.2) is 8.78 Å². The van der Waals surface area contributed by atoms with E-state index in [0.29, 0.717) is 21.4 Å². The molecular weight excluding hydrogens is 281 g/mol. The van der Waals surface area contributed by atoms with E-state index in [1.54, 1.807) is 18.2 Å². The first-order valence-electron chi connectivity index (χ1n) is 5.07. The summed E-state index contributed by atoms with van der Waals surface area (Å²) >= 11 is 11.6. The average Bonchev–Trinajstić information content (AvgIpc) is 2.23. The quantitative estimate of drug-likeness (QED) is 0.784. The Balaban J connectivity index is 2.11. The summed E-state index contributed by atoms with van der Waals surface area (Å²) in [6.45, 7) is 0.0331. The molecule has 18 heavy (non-hydrogen) atoms. The lowest BCUT2D eigenvalue weighted by Gasteiger charge is -2.07. The van der Waals surface area contributed by atoms with Crippen molar-refractivity contribution in [3.8, 4) is 5.75 Å². The average molecular weight is 289 g/mol. The van der Waals surface area contributed by atoms with Crippen molar-refractivity contribution in [2.24, 2.45) is 0 Å². The molecule has 2 rings (SSSR count). The van der Waals surface area contributed by atoms with Gasteiger partial charge >= 0.3 is 0 Å². The van der Waals surface area contributed by atoms with Gasteiger partial charge in [0.25, 0.3) is 0 Å². The van der Waals surface area contributed by atoms with Gasteiger partial charge in [-0.05, 0) is 35.9 Å². The highest BCUT2D eigenvalue weighted by Gasteiger charge is 2.03. The third kappa shape index (κ3) is 3.59. The predicted octanol–water partition coefficient (Wildman–Crippen LogP) is 4.85. The SMILES string of the molecule is Fc1cc(F)cc(COc2cc(Cl)cc(Cl)c2)c1. The molecule has 0 N–H and O–H groups in total. The summed E-state index contributed by atoms with van der Waals surface area (Å²) < 4.78 is 31.2. The van der Waals surface area contributed by atoms with Crippen LogP contribution in [0, 0.1) is 11.6 Å². The minimum Gasteiger partial charge on any atom is -0.489 e. The molecule has 0 aliphatic carbocycles. The normalized spacial score (nSPS) is 10.4. The molecule has 2 aromatic carbocycles. The van der Waals surface area contributed by atoms with Crippen LogP contribution in [0.3, 0.4) is 0 Å². The Morgan fingerprint density at radius 3 is 1.94 bits per heavy atom. The van der Waals surface area contributed by atoms with Crippen molar-refractivity contribution in [2.45, 2.75) is 6.61 Å². The van der Waals surface area contributed by atoms with E-state index in [-0.39, 0.29) is 6.61 Å². The van der Waals surface area contributed by atoms with E-state index >= 15 is 0 Å². The summed E-state index contributed by atoms with van der Waals surface area (Å²) in [6, 6.07) is 7.92. The van der Waals surface area contributed by atoms with Crippen LogP contribution in [0.4, 0.5) is 8.78 Å². The van der Waals surface area contributed by atoms with Crippen LogP contribution in [0.2, 0.25) is 10.0 Å². The van der Waals surface area contributed by atoms with E-state index in [9.17, 15) is 8.78 Å². The maximum atomic E-state index is 12.9. The van der Waals surface area contributed by atoms with E-state index in [2.05, 4.69) is 0 Å². The van der Waals surface area contributed by atoms with Gasteiger partial charge in [-0.3, -0.25) is 0 Å². The van der Waals surface area contributed by atoms with Crippen LogP contribution >= 0.6 is 23.2 Å². The first-order valence-corrected chi connectivity index (χ1v) is 5.82. The maximum absolute atomic E-state index is 12.9. The van der Waals surface area contributed by atoms with Gasteiger partial charge < -0.3 is 4.74 Å². The van der Waals surface area contributed by atoms with E-state index in [1.165, 1.54) is 12.1 Å². The van der Waals surface area contributed by atoms with Crippen LogP contribution in [0.15, 0.2) is 36.4 Å². The lowest BCUT2D eigenvalue weighted by Crippen LogP contribution is -1.97. The zero-order chi connectivity index (χ0) is 13.1. The monoisotopic (exact) mass is 288 g/mol. The Bertz CT molecular complexity index is 481. The number of halogens is 4. The highest BCUT2D eigenvalue weighted by atomic mass is 35.5. The molecule has 0 unspecified atom stereocenters. The molecule has 0 fully saturated rings. The standard InChI is InChI=1S/C13H8Cl2F2O/c14-9-3-10(15)5-13(4-9)18-7-8-1-11(16)6-12(17)2-8/h1-6H,7H2. The fourth-order valence-corrected chi connectivity index (χ4v) is 1.98. The molecule has 0 spiro atoms. The highest BCUT2D eigenvalue weighted by Crippen LogP contribution is 2.25. The van der Waals surface area contributed by atoms with Crippen LogP contribution in [0.5, 0.6) is 5.75 Å². The van der Waals surface area contributed by atoms with Gasteiger partial charge in [-0.2, -0.15) is 0 Å². The molecule has 0 saturated carbocycles. The predicted molar refractivity (Wildman–Crippen MR) is 67.2 cm³/mol. The van der Waals surface area contributed by atoms with Crippen molar-refractivity contribution in [1.29, 1.82) is 0 Å². The van der Waals surface area contributed by atoms with Crippen molar-refractivity contribution >= 4 is 23.2 Å². The highest BCUT2D eigenvalue weighted by molar-refractivity contribution is 6.34. The second-order valence-electron chi connectivity index (χ2n) is 3.67. The second kappa shape index (κ2) is 5.55. The van der Waals surface area contributed by atoms with E-state index in [0.717, 1.165) is 6.07 Å². The van der Waals surface area contributed by atoms with Gasteiger partial charge in [0.1, 0.15) is 24.0 Å². The van der Waals surface area contributed by atoms with Gasteiger partial charge in [0.05, 0.1) is 0 Å². The minimum absolute atomic E-state index is 0.0331. The fourth-order valence-electron chi connectivity index (χ4n) is 1.47. The van der Waals surface area contributed by atoms with Gasteiger partial charge in [0.15, 0.2) is 0 Å². The first kappa shape index (κ1) is 13.1. The second-order valence-corrected chi connectivity index (χ2v) is 4.54. The molecule has 0 aliphatic rings. The molecule has 0 amide bonds. The van der Waals surface area contributed by atoms with Gasteiger partial charge in [-0.1, -0.05) is 23.2 Å². The summed E-state index contributed by atoms with van der Waals surface area (Å²) in [5.74, 6) is -0.840. The lowest BCUT2D eigenvalue weighted by atomic mass is 10.2. The molecule has 0 saturated heterocycles. The molecular formula is C13H8Cl2F2O. The van der Waals surface area contributed by atoms with Crippen LogP contribution in [0.25, 0.3) is 0 Å². The lowest BCUT2D eigenvalue weighted by molar-refractivity contribution is 0.305. The first-order chi connectivity index (χ1) is 8.52. The van der Waals surface area contributed by atoms with Crippen LogP contribution in [-0.4, -0.2) is 0 Å². The molecule has 0 atom stereocenters. The molecule has 0 aliphatic heterocycles. The van der Waals surface area contributed by atoms with Crippen molar-refractivity contribution < 1.29 is 13.5 Å². The van der Waals surface area contributed by atoms with Gasteiger partial charge in [0.2, 0.25) is 0 Å². The van der Waals surface area contributed by atoms with Gasteiger partial charge in [-0.15, -0.1) is 0 Å². The largest absolute Gasteiger partial charge is 0.489 e. The molecule has 0 radical (unpaired) electrons. The molecule has 0 aromatic heterocycles. The number of hydrogen-bond acceptors (Lipinski definition) is 1. The number of rotatable bonds is 3. The third-order valence-corrected chi connectivity index (χ3v) is 2.60. The van der Waals surface area contributed by atoms with Gasteiger partial charge in [0, 0.05) is 16.1 Å². The third-order valence-electron chi connectivity index (χ3n) is 2.16. The number of hydrogen-bond donors (Lipinski definition) is 0. The Labute approximate surface area is 113 Å². The van der Waals surface area contributed by atoms with E-state index in [1.807, 2.05) is 0 Å². The topological polar surface area (TPSA) is 9.23 Å². The smallest absolute Gasteiger partial charge is 0.126 e. The summed E-state index contributed by atoms with van der Waals surface area (Å²) in [6.07, 6.45) is 0. The summed E-state index contributed by atoms with van der Waals surface area (Å²) in [7, 11) is 0. The molecule has 0 heterocycles. The Morgan fingerprint density at radius 1 is 0.833 bits per heavy atom. The van der Waals surface area contributed by atoms with Crippen molar-refractivity contribution in [3.63, 3.8) is 0 Å². The fraction of sp³-hybridized carbons (Fsp3) is 0.0769. The minimum atomic E-state index is -0.641. The summed E-state index contributed by atoms with van der Waals surface area (Å²) in [5.41, 5.74) is 0.392. The summed E-state index contributed by atoms with van der Waals surface area (Å²) in [4.78, 5) is 0. The van der Waals surface area contributed by atoms with Crippen LogP contribution in [0.1, 0.15) is 5.56 Å². The van der Waals surface area contributed by atoms with Crippen molar-refractivity contribution in [2.75, 3.05) is 0 Å². The van der Waals surface area contributed by atoms with Crippen LogP contribution in [-0.2, 0) is 6.61 Å². The molecule has 5 heteroatoms. The maximum Gasteiger partial charge on any atom is 0.126 e. The zero-order valence-corrected chi connectivity index (χ0v) is 10.6. The Kier molecular flexibility index (Phi) is 4.04. The van der Waals surface area contributed by atoms with Crippen molar-refractivity contribution in [3.05, 3.63) is 63.6 Å². The van der Waals surface area contributed by atoms with E-state index < -0.39 is 11.6 Å². The zero-order valence-electron chi connectivity index (χ0n) is 9.09. The summed E-state index contributed by atoms with van der Waals surface area (Å²) in [5, 5.41) is 0.867. The van der Waals surface area contributed by atoms with Crippen molar-refractivity contribution in [1.82, 2.24) is 0 Å². The van der Waals surface area contributed by atoms with Crippen LogP contribution < -0.4 is 4.74 Å². The molecule has 1 nitrogen and oxygen atoms in total. The molecule has 0 bridgehead atoms. The number of ether oxygens (including phenoxy) is 1. The molecule has 94 valence electrons. The Morgan fingerprint density at radius 2 is 1.39 bits per heavy atom. The number of benzene rings is 2. The van der Waals surface area contributed by atoms with E-state index in [4.69, 9.17) is 27.9 Å². The Hall–Kier alpha value is -1.32.